The lowest BCUT2D eigenvalue weighted by atomic mass is 9.98. The Bertz CT molecular complexity index is 1550. The number of aromatic nitrogens is 4. The van der Waals surface area contributed by atoms with Gasteiger partial charge in [-0.3, -0.25) is 4.57 Å². The first-order valence-electron chi connectivity index (χ1n) is 11.4. The Labute approximate surface area is 235 Å². The van der Waals surface area contributed by atoms with E-state index in [4.69, 9.17) is 54.7 Å². The molecule has 0 bridgehead atoms. The second kappa shape index (κ2) is 10.6. The van der Waals surface area contributed by atoms with Gasteiger partial charge in [0.1, 0.15) is 18.2 Å². The van der Waals surface area contributed by atoms with Crippen molar-refractivity contribution in [2.24, 2.45) is 0 Å². The number of hydrogen-bond acceptors (Lipinski definition) is 9. The molecule has 4 aromatic rings. The molecule has 14 heteroatoms. The highest BCUT2D eigenvalue weighted by Gasteiger charge is 2.58. The number of carbonyl (C=O) groups excluding carboxylic acids is 2. The number of alkyl halides is 1. The molecule has 1 aliphatic heterocycles. The van der Waals surface area contributed by atoms with Crippen LogP contribution in [0.5, 0.6) is 0 Å². The number of esters is 2. The minimum Gasteiger partial charge on any atom is -0.459 e. The van der Waals surface area contributed by atoms with Crippen molar-refractivity contribution in [1.29, 1.82) is 0 Å². The van der Waals surface area contributed by atoms with Gasteiger partial charge in [0, 0.05) is 10.0 Å². The summed E-state index contributed by atoms with van der Waals surface area (Å²) in [5.41, 5.74) is 3.99. The quantitative estimate of drug-likeness (QED) is 0.240. The maximum atomic E-state index is 16.6. The van der Waals surface area contributed by atoms with Crippen LogP contribution >= 0.6 is 34.8 Å². The van der Waals surface area contributed by atoms with Crippen molar-refractivity contribution in [3.63, 3.8) is 0 Å². The zero-order valence-electron chi connectivity index (χ0n) is 20.1. The van der Waals surface area contributed by atoms with Crippen LogP contribution in [0.1, 0.15) is 33.9 Å². The van der Waals surface area contributed by atoms with Gasteiger partial charge >= 0.3 is 11.9 Å². The number of carbonyl (C=O) groups is 2. The first kappa shape index (κ1) is 27.1. The second-order valence-electron chi connectivity index (χ2n) is 8.81. The minimum atomic E-state index is -2.36. The summed E-state index contributed by atoms with van der Waals surface area (Å²) >= 11 is 17.9. The highest BCUT2D eigenvalue weighted by atomic mass is 35.5. The number of imidazole rings is 1. The van der Waals surface area contributed by atoms with Gasteiger partial charge in [0.05, 0.1) is 17.5 Å². The summed E-state index contributed by atoms with van der Waals surface area (Å²) in [7, 11) is 0. The van der Waals surface area contributed by atoms with E-state index in [9.17, 15) is 9.59 Å². The second-order valence-corrected chi connectivity index (χ2v) is 10.0. The van der Waals surface area contributed by atoms with E-state index in [2.05, 4.69) is 15.0 Å². The third-order valence-electron chi connectivity index (χ3n) is 6.10. The molecule has 3 heterocycles. The van der Waals surface area contributed by atoms with Crippen molar-refractivity contribution in [2.75, 3.05) is 12.3 Å². The van der Waals surface area contributed by atoms with Gasteiger partial charge in [0.15, 0.2) is 28.8 Å². The molecule has 0 aliphatic carbocycles. The number of rotatable bonds is 6. The summed E-state index contributed by atoms with van der Waals surface area (Å²) in [4.78, 5) is 37.7. The van der Waals surface area contributed by atoms with Gasteiger partial charge in [0.25, 0.3) is 0 Å². The van der Waals surface area contributed by atoms with Crippen molar-refractivity contribution in [3.05, 3.63) is 81.2 Å². The van der Waals surface area contributed by atoms with Crippen LogP contribution in [0, 0.1) is 0 Å². The van der Waals surface area contributed by atoms with E-state index in [1.165, 1.54) is 66.3 Å². The Morgan fingerprint density at radius 3 is 2.23 bits per heavy atom. The van der Waals surface area contributed by atoms with E-state index in [1.54, 1.807) is 0 Å². The molecule has 1 saturated heterocycles. The van der Waals surface area contributed by atoms with Crippen LogP contribution in [-0.2, 0) is 14.2 Å². The summed E-state index contributed by atoms with van der Waals surface area (Å²) in [6.45, 7) is 0.747. The Balaban J connectivity index is 1.46. The highest BCUT2D eigenvalue weighted by Crippen LogP contribution is 2.44. The molecule has 39 heavy (non-hydrogen) atoms. The summed E-state index contributed by atoms with van der Waals surface area (Å²) in [6, 6.07) is 11.9. The predicted molar refractivity (Wildman–Crippen MR) is 141 cm³/mol. The number of halogens is 4. The summed E-state index contributed by atoms with van der Waals surface area (Å²) in [5.74, 6) is -1.70. The van der Waals surface area contributed by atoms with E-state index in [1.807, 2.05) is 0 Å². The molecule has 0 spiro atoms. The largest absolute Gasteiger partial charge is 0.459 e. The highest BCUT2D eigenvalue weighted by molar-refractivity contribution is 6.33. The first-order valence-corrected chi connectivity index (χ1v) is 12.6. The van der Waals surface area contributed by atoms with Crippen LogP contribution in [-0.4, -0.2) is 55.9 Å². The normalized spacial score (nSPS) is 22.6. The Kier molecular flexibility index (Phi) is 7.34. The maximum absolute atomic E-state index is 16.6. The molecule has 10 nitrogen and oxygen atoms in total. The smallest absolute Gasteiger partial charge is 0.338 e. The Hall–Kier alpha value is -3.51. The lowest BCUT2D eigenvalue weighted by Gasteiger charge is -2.27. The molecule has 0 unspecified atom stereocenters. The lowest BCUT2D eigenvalue weighted by molar-refractivity contribution is -0.0611. The molecule has 0 saturated carbocycles. The summed E-state index contributed by atoms with van der Waals surface area (Å²) in [5, 5.41) is 0.812. The molecule has 2 aromatic heterocycles. The molecule has 202 valence electrons. The SMILES string of the molecule is C[C@@]1(F)[C@H](OC(=O)c2ccc(Cl)cc2)[C@@H](COC(=O)c2ccc(Cl)cc2)O[C@@H]1n1cnc2c(Cl)nc(N)nc21. The number of anilines is 1. The molecule has 2 N–H and O–H groups in total. The zero-order valence-corrected chi connectivity index (χ0v) is 22.3. The monoisotopic (exact) mass is 593 g/mol. The summed E-state index contributed by atoms with van der Waals surface area (Å²) in [6.07, 6.45) is -2.90. The molecule has 1 aliphatic rings. The van der Waals surface area contributed by atoms with E-state index >= 15 is 4.39 Å². The van der Waals surface area contributed by atoms with Crippen molar-refractivity contribution < 1.29 is 28.2 Å². The van der Waals surface area contributed by atoms with E-state index in [-0.39, 0.29) is 33.4 Å². The number of benzene rings is 2. The third-order valence-corrected chi connectivity index (χ3v) is 6.87. The van der Waals surface area contributed by atoms with Crippen molar-refractivity contribution in [3.8, 4) is 0 Å². The van der Waals surface area contributed by atoms with E-state index in [0.29, 0.717) is 10.0 Å². The number of fused-ring (bicyclic) bond motifs is 1. The van der Waals surface area contributed by atoms with Crippen LogP contribution in [0.2, 0.25) is 15.2 Å². The van der Waals surface area contributed by atoms with Gasteiger partial charge in [-0.05, 0) is 55.5 Å². The fourth-order valence-corrected chi connectivity index (χ4v) is 4.67. The van der Waals surface area contributed by atoms with Crippen molar-refractivity contribution in [1.82, 2.24) is 19.5 Å². The minimum absolute atomic E-state index is 0.0334. The fourth-order valence-electron chi connectivity index (χ4n) is 4.20. The Morgan fingerprint density at radius 1 is 1.03 bits per heavy atom. The fraction of sp³-hybridized carbons (Fsp3) is 0.240. The predicted octanol–water partition coefficient (Wildman–Crippen LogP) is 5.08. The molecular weight excluding hydrogens is 576 g/mol. The number of nitrogens with two attached hydrogens (primary N) is 1. The van der Waals surface area contributed by atoms with Gasteiger partial charge < -0.3 is 19.9 Å². The van der Waals surface area contributed by atoms with E-state index in [0.717, 1.165) is 0 Å². The topological polar surface area (TPSA) is 131 Å². The van der Waals surface area contributed by atoms with Gasteiger partial charge in [-0.2, -0.15) is 9.97 Å². The van der Waals surface area contributed by atoms with Crippen molar-refractivity contribution >= 4 is 63.9 Å². The van der Waals surface area contributed by atoms with Crippen LogP contribution in [0.15, 0.2) is 54.9 Å². The molecule has 0 radical (unpaired) electrons. The maximum Gasteiger partial charge on any atom is 0.338 e. The molecular formula is C25H19Cl3FN5O5. The molecule has 4 atom stereocenters. The standard InChI is InChI=1S/C25H19Cl3FN5O5/c1-25(29)18(39-22(36)13-4-8-15(27)9-5-13)16(10-37-21(35)12-2-6-14(26)7-3-12)38-23(25)34-11-31-17-19(28)32-24(30)33-20(17)34/h2-9,11,16,18,23H,10H2,1H3,(H2,30,32,33)/t16-,18-,23+,25-/m1/s1. The van der Waals surface area contributed by atoms with Crippen molar-refractivity contribution in [2.45, 2.75) is 31.0 Å². The Morgan fingerprint density at radius 2 is 1.62 bits per heavy atom. The number of hydrogen-bond donors (Lipinski definition) is 1. The molecule has 1 fully saturated rings. The van der Waals surface area contributed by atoms with Crippen LogP contribution in [0.3, 0.4) is 0 Å². The number of ether oxygens (including phenoxy) is 3. The van der Waals surface area contributed by atoms with Gasteiger partial charge in [-0.1, -0.05) is 34.8 Å². The van der Waals surface area contributed by atoms with Crippen LogP contribution in [0.25, 0.3) is 11.2 Å². The zero-order chi connectivity index (χ0) is 27.9. The average Bonchev–Trinajstić information content (AvgIpc) is 3.41. The first-order chi connectivity index (χ1) is 18.5. The van der Waals surface area contributed by atoms with Crippen LogP contribution in [0.4, 0.5) is 10.3 Å². The molecule has 0 amide bonds. The van der Waals surface area contributed by atoms with Crippen LogP contribution < -0.4 is 5.73 Å². The van der Waals surface area contributed by atoms with Gasteiger partial charge in [0.2, 0.25) is 5.95 Å². The molecule has 2 aromatic carbocycles. The summed E-state index contributed by atoms with van der Waals surface area (Å²) < 4.78 is 34.8. The number of nitrogens with zero attached hydrogens (tertiary/aromatic N) is 4. The molecule has 5 rings (SSSR count). The van der Waals surface area contributed by atoms with Gasteiger partial charge in [-0.25, -0.2) is 19.0 Å². The van der Waals surface area contributed by atoms with E-state index < -0.39 is 42.7 Å². The third kappa shape index (κ3) is 5.35. The average molecular weight is 595 g/mol. The lowest BCUT2D eigenvalue weighted by Crippen LogP contribution is -2.44. The van der Waals surface area contributed by atoms with Gasteiger partial charge in [-0.15, -0.1) is 0 Å². The number of nitrogen functional groups attached to an aromatic ring is 1.